The van der Waals surface area contributed by atoms with Gasteiger partial charge in [-0.15, -0.1) is 0 Å². The number of carbonyl (C=O) groups excluding carboxylic acids is 2. The molecule has 3 aromatic rings. The highest BCUT2D eigenvalue weighted by Crippen LogP contribution is 2.24. The number of hydrogen-bond donors (Lipinski definition) is 0. The van der Waals surface area contributed by atoms with Crippen molar-refractivity contribution in [1.29, 1.82) is 0 Å². The smallest absolute Gasteiger partial charge is 0.261 e. The first-order chi connectivity index (χ1) is 13.2. The molecule has 1 aliphatic heterocycles. The number of benzene rings is 2. The molecule has 0 saturated heterocycles. The summed E-state index contributed by atoms with van der Waals surface area (Å²) in [7, 11) is 1.60. The molecule has 0 atom stereocenters. The van der Waals surface area contributed by atoms with E-state index in [1.807, 2.05) is 24.3 Å². The summed E-state index contributed by atoms with van der Waals surface area (Å²) in [5.74, 6) is 1.15. The fourth-order valence-electron chi connectivity index (χ4n) is 3.07. The highest BCUT2D eigenvalue weighted by atomic mass is 16.5. The summed E-state index contributed by atoms with van der Waals surface area (Å²) in [5.41, 5.74) is 1.71. The van der Waals surface area contributed by atoms with E-state index in [9.17, 15) is 9.59 Å². The third kappa shape index (κ3) is 3.19. The van der Waals surface area contributed by atoms with Crippen LogP contribution in [0.1, 0.15) is 33.0 Å². The Morgan fingerprint density at radius 2 is 1.78 bits per heavy atom. The fourth-order valence-corrected chi connectivity index (χ4v) is 3.07. The summed E-state index contributed by atoms with van der Waals surface area (Å²) in [6.07, 6.45) is 1.02. The van der Waals surface area contributed by atoms with E-state index < -0.39 is 0 Å². The van der Waals surface area contributed by atoms with Gasteiger partial charge in [-0.1, -0.05) is 29.4 Å². The molecule has 0 spiro atoms. The number of imide groups is 1. The van der Waals surface area contributed by atoms with Gasteiger partial charge < -0.3 is 9.26 Å². The van der Waals surface area contributed by atoms with Crippen molar-refractivity contribution in [3.8, 4) is 17.1 Å². The number of ether oxygens (including phenoxy) is 1. The van der Waals surface area contributed by atoms with Crippen LogP contribution in [0.5, 0.6) is 5.75 Å². The predicted octanol–water partition coefficient (Wildman–Crippen LogP) is 2.97. The molecule has 27 heavy (non-hydrogen) atoms. The van der Waals surface area contributed by atoms with E-state index in [4.69, 9.17) is 9.26 Å². The molecular formula is C20H17N3O4. The Hall–Kier alpha value is -3.48. The molecule has 0 N–H and O–H groups in total. The van der Waals surface area contributed by atoms with E-state index in [1.54, 1.807) is 31.4 Å². The molecule has 0 fully saturated rings. The van der Waals surface area contributed by atoms with E-state index in [2.05, 4.69) is 10.1 Å². The van der Waals surface area contributed by atoms with E-state index in [0.717, 1.165) is 5.56 Å². The maximum atomic E-state index is 12.3. The monoisotopic (exact) mass is 363 g/mol. The van der Waals surface area contributed by atoms with Crippen LogP contribution >= 0.6 is 0 Å². The number of fused-ring (bicyclic) bond motifs is 1. The second kappa shape index (κ2) is 7.03. The Morgan fingerprint density at radius 1 is 1.04 bits per heavy atom. The number of rotatable bonds is 6. The van der Waals surface area contributed by atoms with E-state index >= 15 is 0 Å². The van der Waals surface area contributed by atoms with Gasteiger partial charge in [-0.25, -0.2) is 0 Å². The quantitative estimate of drug-likeness (QED) is 0.626. The van der Waals surface area contributed by atoms with Crippen LogP contribution in [-0.4, -0.2) is 40.5 Å². The number of nitrogens with zero attached hydrogens (tertiary/aromatic N) is 3. The van der Waals surface area contributed by atoms with Crippen molar-refractivity contribution in [2.75, 3.05) is 13.7 Å². The SMILES string of the molecule is COc1cccc(-c2noc(CCCN3C(=O)c4ccccc4C3=O)n2)c1. The van der Waals surface area contributed by atoms with Gasteiger partial charge in [-0.05, 0) is 30.7 Å². The minimum Gasteiger partial charge on any atom is -0.497 e. The average molecular weight is 363 g/mol. The summed E-state index contributed by atoms with van der Waals surface area (Å²) >= 11 is 0. The van der Waals surface area contributed by atoms with Crippen LogP contribution in [-0.2, 0) is 6.42 Å². The zero-order valence-electron chi connectivity index (χ0n) is 14.7. The lowest BCUT2D eigenvalue weighted by Crippen LogP contribution is -2.30. The van der Waals surface area contributed by atoms with Crippen molar-refractivity contribution in [3.63, 3.8) is 0 Å². The van der Waals surface area contributed by atoms with Crippen LogP contribution in [0, 0.1) is 0 Å². The van der Waals surface area contributed by atoms with Crippen molar-refractivity contribution < 1.29 is 18.8 Å². The van der Waals surface area contributed by atoms with Crippen LogP contribution in [0.25, 0.3) is 11.4 Å². The Morgan fingerprint density at radius 3 is 2.48 bits per heavy atom. The number of aromatic nitrogens is 2. The summed E-state index contributed by atoms with van der Waals surface area (Å²) in [5, 5.41) is 3.99. The van der Waals surface area contributed by atoms with Gasteiger partial charge in [0.1, 0.15) is 5.75 Å². The molecule has 4 rings (SSSR count). The van der Waals surface area contributed by atoms with Crippen molar-refractivity contribution >= 4 is 11.8 Å². The zero-order valence-corrected chi connectivity index (χ0v) is 14.7. The minimum atomic E-state index is -0.252. The van der Waals surface area contributed by atoms with Crippen molar-refractivity contribution in [2.24, 2.45) is 0 Å². The number of amides is 2. The molecule has 7 heteroatoms. The van der Waals surface area contributed by atoms with Gasteiger partial charge in [0.25, 0.3) is 11.8 Å². The first-order valence-electron chi connectivity index (χ1n) is 8.59. The molecule has 7 nitrogen and oxygen atoms in total. The lowest BCUT2D eigenvalue weighted by molar-refractivity contribution is 0.0651. The topological polar surface area (TPSA) is 85.5 Å². The van der Waals surface area contributed by atoms with E-state index in [0.29, 0.717) is 48.0 Å². The summed E-state index contributed by atoms with van der Waals surface area (Å²) in [6, 6.07) is 14.3. The van der Waals surface area contributed by atoms with Gasteiger partial charge in [0, 0.05) is 18.5 Å². The molecule has 1 aromatic heterocycles. The van der Waals surface area contributed by atoms with Gasteiger partial charge in [-0.2, -0.15) is 4.98 Å². The Kier molecular flexibility index (Phi) is 4.42. The molecule has 2 heterocycles. The fraction of sp³-hybridized carbons (Fsp3) is 0.200. The molecule has 0 saturated carbocycles. The van der Waals surface area contributed by atoms with E-state index in [-0.39, 0.29) is 11.8 Å². The Balaban J connectivity index is 1.39. The third-order valence-electron chi connectivity index (χ3n) is 4.45. The second-order valence-corrected chi connectivity index (χ2v) is 6.15. The summed E-state index contributed by atoms with van der Waals surface area (Å²) in [4.78, 5) is 30.3. The van der Waals surface area contributed by atoms with Gasteiger partial charge in [0.05, 0.1) is 18.2 Å². The largest absolute Gasteiger partial charge is 0.497 e. The molecule has 0 radical (unpaired) electrons. The Labute approximate surface area is 155 Å². The van der Waals surface area contributed by atoms with Gasteiger partial charge >= 0.3 is 0 Å². The number of methoxy groups -OCH3 is 1. The highest BCUT2D eigenvalue weighted by Gasteiger charge is 2.34. The molecule has 0 bridgehead atoms. The molecule has 0 unspecified atom stereocenters. The van der Waals surface area contributed by atoms with Crippen LogP contribution in [0.4, 0.5) is 0 Å². The molecule has 1 aliphatic rings. The minimum absolute atomic E-state index is 0.252. The molecule has 0 aliphatic carbocycles. The lowest BCUT2D eigenvalue weighted by atomic mass is 10.1. The van der Waals surface area contributed by atoms with Crippen LogP contribution in [0.15, 0.2) is 53.1 Å². The Bertz CT molecular complexity index is 977. The van der Waals surface area contributed by atoms with Crippen LogP contribution in [0.2, 0.25) is 0 Å². The van der Waals surface area contributed by atoms with E-state index in [1.165, 1.54) is 4.90 Å². The number of hydrogen-bond acceptors (Lipinski definition) is 6. The van der Waals surface area contributed by atoms with Gasteiger partial charge in [-0.3, -0.25) is 14.5 Å². The molecule has 2 amide bonds. The van der Waals surface area contributed by atoms with Gasteiger partial charge in [0.15, 0.2) is 0 Å². The molecular weight excluding hydrogens is 346 g/mol. The maximum absolute atomic E-state index is 12.3. The van der Waals surface area contributed by atoms with Crippen molar-refractivity contribution in [3.05, 3.63) is 65.5 Å². The standard InChI is InChI=1S/C20H17N3O4/c1-26-14-7-4-6-13(12-14)18-21-17(27-22-18)10-5-11-23-19(24)15-8-2-3-9-16(15)20(23)25/h2-4,6-9,12H,5,10-11H2,1H3. The first-order valence-corrected chi connectivity index (χ1v) is 8.59. The number of carbonyl (C=O) groups is 2. The third-order valence-corrected chi connectivity index (χ3v) is 4.45. The predicted molar refractivity (Wildman–Crippen MR) is 96.4 cm³/mol. The maximum Gasteiger partial charge on any atom is 0.261 e. The average Bonchev–Trinajstić information content (AvgIpc) is 3.27. The van der Waals surface area contributed by atoms with Crippen LogP contribution < -0.4 is 4.74 Å². The summed E-state index contributed by atoms with van der Waals surface area (Å²) < 4.78 is 10.5. The lowest BCUT2D eigenvalue weighted by Gasteiger charge is -2.12. The summed E-state index contributed by atoms with van der Waals surface area (Å²) in [6.45, 7) is 0.309. The second-order valence-electron chi connectivity index (χ2n) is 6.15. The first kappa shape index (κ1) is 17.0. The van der Waals surface area contributed by atoms with Crippen molar-refractivity contribution in [1.82, 2.24) is 15.0 Å². The van der Waals surface area contributed by atoms with Gasteiger partial charge in [0.2, 0.25) is 11.7 Å². The van der Waals surface area contributed by atoms with Crippen molar-refractivity contribution in [2.45, 2.75) is 12.8 Å². The van der Waals surface area contributed by atoms with Crippen LogP contribution in [0.3, 0.4) is 0 Å². The highest BCUT2D eigenvalue weighted by molar-refractivity contribution is 6.21. The molecule has 136 valence electrons. The molecule has 2 aromatic carbocycles. The number of aryl methyl sites for hydroxylation is 1. The zero-order chi connectivity index (χ0) is 18.8. The normalized spacial score (nSPS) is 13.1.